The molecule has 2 amide bonds. The van der Waals surface area contributed by atoms with Crippen molar-refractivity contribution in [3.63, 3.8) is 0 Å². The summed E-state index contributed by atoms with van der Waals surface area (Å²) in [6.07, 6.45) is 0.791. The summed E-state index contributed by atoms with van der Waals surface area (Å²) in [6.45, 7) is 0. The summed E-state index contributed by atoms with van der Waals surface area (Å²) in [4.78, 5) is 36.4. The maximum absolute atomic E-state index is 13.2. The van der Waals surface area contributed by atoms with Crippen LogP contribution in [-0.4, -0.2) is 33.9 Å². The zero-order valence-corrected chi connectivity index (χ0v) is 9.80. The number of aliphatic carboxylic acids is 1. The van der Waals surface area contributed by atoms with Crippen LogP contribution < -0.4 is 11.1 Å². The number of hydrogen-bond donors (Lipinski definition) is 3. The van der Waals surface area contributed by atoms with Gasteiger partial charge in [-0.3, -0.25) is 9.59 Å². The van der Waals surface area contributed by atoms with Crippen molar-refractivity contribution in [3.05, 3.63) is 29.8 Å². The Kier molecular flexibility index (Phi) is 4.92. The summed E-state index contributed by atoms with van der Waals surface area (Å²) in [7, 11) is 0. The fraction of sp³-hybridized carbons (Fsp3) is 0.273. The zero-order valence-electron chi connectivity index (χ0n) is 9.80. The van der Waals surface area contributed by atoms with E-state index in [1.807, 2.05) is 0 Å². The van der Waals surface area contributed by atoms with Gasteiger partial charge in [0, 0.05) is 12.6 Å². The Labute approximate surface area is 107 Å². The van der Waals surface area contributed by atoms with E-state index in [0.29, 0.717) is 0 Å². The molecular formula is C11H12FN3O4. The number of carboxylic acid groups (broad SMARTS) is 1. The molecule has 8 heteroatoms. The number of carbonyl (C=O) groups excluding carboxylic acids is 2. The van der Waals surface area contributed by atoms with Crippen LogP contribution in [0.5, 0.6) is 0 Å². The van der Waals surface area contributed by atoms with E-state index in [1.54, 1.807) is 0 Å². The second kappa shape index (κ2) is 6.43. The highest BCUT2D eigenvalue weighted by Crippen LogP contribution is 2.05. The van der Waals surface area contributed by atoms with Gasteiger partial charge in [0.2, 0.25) is 11.9 Å². The Bertz CT molecular complexity index is 506. The Morgan fingerprint density at radius 2 is 2.16 bits per heavy atom. The summed E-state index contributed by atoms with van der Waals surface area (Å²) in [5, 5.41) is 11.0. The number of rotatable bonds is 6. The molecule has 0 radical (unpaired) electrons. The fourth-order valence-electron chi connectivity index (χ4n) is 1.34. The molecule has 0 saturated carbocycles. The largest absolute Gasteiger partial charge is 0.480 e. The molecule has 0 aromatic carbocycles. The Hall–Kier alpha value is -2.51. The van der Waals surface area contributed by atoms with E-state index in [4.69, 9.17) is 10.8 Å². The van der Waals surface area contributed by atoms with Crippen molar-refractivity contribution in [3.8, 4) is 0 Å². The number of halogens is 1. The minimum atomic E-state index is -1.33. The van der Waals surface area contributed by atoms with Gasteiger partial charge in [0.25, 0.3) is 5.91 Å². The number of hydrogen-bond acceptors (Lipinski definition) is 4. The lowest BCUT2D eigenvalue weighted by atomic mass is 10.1. The summed E-state index contributed by atoms with van der Waals surface area (Å²) in [6, 6.07) is 1.20. The third-order valence-corrected chi connectivity index (χ3v) is 2.29. The van der Waals surface area contributed by atoms with Crippen LogP contribution >= 0.6 is 0 Å². The van der Waals surface area contributed by atoms with Crippen molar-refractivity contribution in [2.75, 3.05) is 0 Å². The number of aromatic nitrogens is 1. The van der Waals surface area contributed by atoms with Crippen molar-refractivity contribution < 1.29 is 23.9 Å². The standard InChI is InChI=1S/C11H12FN3O4/c12-9-6(2-1-5-14-9)10(17)15-7(11(18)19)3-4-8(13)16/h1-2,5,7H,3-4H2,(H2,13,16)(H,15,17)(H,18,19)/t7-/m1/s1. The van der Waals surface area contributed by atoms with Gasteiger partial charge in [-0.2, -0.15) is 4.39 Å². The molecule has 0 aliphatic carbocycles. The first kappa shape index (κ1) is 14.6. The van der Waals surface area contributed by atoms with E-state index >= 15 is 0 Å². The van der Waals surface area contributed by atoms with E-state index in [9.17, 15) is 18.8 Å². The number of nitrogens with zero attached hydrogens (tertiary/aromatic N) is 1. The molecule has 1 aromatic rings. The van der Waals surface area contributed by atoms with Gasteiger partial charge in [0.15, 0.2) is 0 Å². The van der Waals surface area contributed by atoms with Gasteiger partial charge < -0.3 is 16.2 Å². The third kappa shape index (κ3) is 4.34. The molecule has 102 valence electrons. The topological polar surface area (TPSA) is 122 Å². The number of carboxylic acids is 1. The van der Waals surface area contributed by atoms with E-state index in [1.165, 1.54) is 12.1 Å². The molecule has 0 spiro atoms. The summed E-state index contributed by atoms with van der Waals surface area (Å²) < 4.78 is 13.2. The smallest absolute Gasteiger partial charge is 0.326 e. The SMILES string of the molecule is NC(=O)CC[C@@H](NC(=O)c1cccnc1F)C(=O)O. The maximum Gasteiger partial charge on any atom is 0.326 e. The number of carbonyl (C=O) groups is 3. The highest BCUT2D eigenvalue weighted by atomic mass is 19.1. The van der Waals surface area contributed by atoms with Gasteiger partial charge in [-0.25, -0.2) is 9.78 Å². The second-order valence-electron chi connectivity index (χ2n) is 3.71. The van der Waals surface area contributed by atoms with Crippen LogP contribution in [0.1, 0.15) is 23.2 Å². The van der Waals surface area contributed by atoms with Crippen LogP contribution in [0.15, 0.2) is 18.3 Å². The normalized spacial score (nSPS) is 11.6. The van der Waals surface area contributed by atoms with Crippen molar-refractivity contribution in [2.45, 2.75) is 18.9 Å². The Morgan fingerprint density at radius 3 is 2.68 bits per heavy atom. The van der Waals surface area contributed by atoms with Gasteiger partial charge in [-0.15, -0.1) is 0 Å². The van der Waals surface area contributed by atoms with Crippen LogP contribution in [0.4, 0.5) is 4.39 Å². The van der Waals surface area contributed by atoms with E-state index in [-0.39, 0.29) is 18.4 Å². The molecule has 0 bridgehead atoms. The fourth-order valence-corrected chi connectivity index (χ4v) is 1.34. The number of nitrogens with one attached hydrogen (secondary N) is 1. The van der Waals surface area contributed by atoms with Gasteiger partial charge in [-0.1, -0.05) is 0 Å². The summed E-state index contributed by atoms with van der Waals surface area (Å²) >= 11 is 0. The maximum atomic E-state index is 13.2. The molecule has 1 rings (SSSR count). The number of primary amides is 1. The lowest BCUT2D eigenvalue weighted by Gasteiger charge is -2.13. The van der Waals surface area contributed by atoms with Gasteiger partial charge in [-0.05, 0) is 18.6 Å². The molecule has 0 fully saturated rings. The van der Waals surface area contributed by atoms with Crippen LogP contribution in [0, 0.1) is 5.95 Å². The first-order valence-electron chi connectivity index (χ1n) is 5.34. The molecule has 7 nitrogen and oxygen atoms in total. The van der Waals surface area contributed by atoms with Crippen molar-refractivity contribution in [2.24, 2.45) is 5.73 Å². The summed E-state index contributed by atoms with van der Waals surface area (Å²) in [5.74, 6) is -3.94. The monoisotopic (exact) mass is 269 g/mol. The lowest BCUT2D eigenvalue weighted by molar-refractivity contribution is -0.139. The summed E-state index contributed by atoms with van der Waals surface area (Å²) in [5.41, 5.74) is 4.52. The van der Waals surface area contributed by atoms with E-state index < -0.39 is 29.8 Å². The molecule has 0 unspecified atom stereocenters. The molecule has 1 atom stereocenters. The van der Waals surface area contributed by atoms with Crippen molar-refractivity contribution in [1.82, 2.24) is 10.3 Å². The predicted octanol–water partition coefficient (Wildman–Crippen LogP) is -0.331. The predicted molar refractivity (Wildman–Crippen MR) is 61.5 cm³/mol. The molecule has 0 saturated heterocycles. The zero-order chi connectivity index (χ0) is 14.4. The van der Waals surface area contributed by atoms with E-state index in [2.05, 4.69) is 10.3 Å². The van der Waals surface area contributed by atoms with Crippen LogP contribution in [-0.2, 0) is 9.59 Å². The van der Waals surface area contributed by atoms with Gasteiger partial charge in [0.1, 0.15) is 6.04 Å². The minimum Gasteiger partial charge on any atom is -0.480 e. The average Bonchev–Trinajstić information content (AvgIpc) is 2.34. The molecule has 1 aromatic heterocycles. The van der Waals surface area contributed by atoms with E-state index in [0.717, 1.165) is 6.20 Å². The highest BCUT2D eigenvalue weighted by Gasteiger charge is 2.22. The minimum absolute atomic E-state index is 0.168. The number of amides is 2. The highest BCUT2D eigenvalue weighted by molar-refractivity contribution is 5.96. The average molecular weight is 269 g/mol. The van der Waals surface area contributed by atoms with Crippen molar-refractivity contribution >= 4 is 17.8 Å². The molecule has 4 N–H and O–H groups in total. The molecule has 0 aliphatic heterocycles. The first-order valence-corrected chi connectivity index (χ1v) is 5.34. The number of nitrogens with two attached hydrogens (primary N) is 1. The molecular weight excluding hydrogens is 257 g/mol. The Morgan fingerprint density at radius 1 is 1.47 bits per heavy atom. The lowest BCUT2D eigenvalue weighted by Crippen LogP contribution is -2.41. The first-order chi connectivity index (χ1) is 8.91. The molecule has 0 aliphatic rings. The molecule has 1 heterocycles. The van der Waals surface area contributed by atoms with Crippen molar-refractivity contribution in [1.29, 1.82) is 0 Å². The Balaban J connectivity index is 2.74. The van der Waals surface area contributed by atoms with Gasteiger partial charge >= 0.3 is 5.97 Å². The van der Waals surface area contributed by atoms with Crippen LogP contribution in [0.2, 0.25) is 0 Å². The van der Waals surface area contributed by atoms with Gasteiger partial charge in [0.05, 0.1) is 5.56 Å². The van der Waals surface area contributed by atoms with Crippen LogP contribution in [0.3, 0.4) is 0 Å². The quantitative estimate of drug-likeness (QED) is 0.610. The number of pyridine rings is 1. The second-order valence-corrected chi connectivity index (χ2v) is 3.71. The third-order valence-electron chi connectivity index (χ3n) is 2.29. The van der Waals surface area contributed by atoms with Crippen LogP contribution in [0.25, 0.3) is 0 Å². The molecule has 19 heavy (non-hydrogen) atoms.